The highest BCUT2D eigenvalue weighted by Crippen LogP contribution is 2.39. The predicted octanol–water partition coefficient (Wildman–Crippen LogP) is 9.52. The Kier molecular flexibility index (Phi) is 10.5. The number of carbonyl (C=O) groups is 1. The number of carbonyl (C=O) groups excluding carboxylic acids is 1. The number of benzene rings is 3. The van der Waals surface area contributed by atoms with Crippen molar-refractivity contribution in [2.24, 2.45) is 0 Å². The Labute approximate surface area is 275 Å². The number of piperidine rings is 1. The molecule has 1 atom stereocenters. The number of hydrogen-bond acceptors (Lipinski definition) is 5. The van der Waals surface area contributed by atoms with E-state index in [0.29, 0.717) is 24.3 Å². The summed E-state index contributed by atoms with van der Waals surface area (Å²) in [5.41, 5.74) is 3.53. The van der Waals surface area contributed by atoms with Crippen molar-refractivity contribution < 1.29 is 27.4 Å². The van der Waals surface area contributed by atoms with Gasteiger partial charge in [-0.15, -0.1) is 0 Å². The lowest BCUT2D eigenvalue weighted by molar-refractivity contribution is -0.163. The van der Waals surface area contributed by atoms with E-state index in [9.17, 15) is 18.0 Å². The summed E-state index contributed by atoms with van der Waals surface area (Å²) in [6, 6.07) is 21.4. The highest BCUT2D eigenvalue weighted by Gasteiger charge is 2.36. The van der Waals surface area contributed by atoms with Gasteiger partial charge in [0.1, 0.15) is 24.0 Å². The minimum Gasteiger partial charge on any atom is -0.488 e. The molecular weight excluding hydrogens is 601 g/mol. The summed E-state index contributed by atoms with van der Waals surface area (Å²) in [5.74, 6) is -0.0384. The van der Waals surface area contributed by atoms with Crippen molar-refractivity contribution in [1.29, 1.82) is 0 Å². The summed E-state index contributed by atoms with van der Waals surface area (Å²) in [5, 5.41) is 0. The van der Waals surface area contributed by atoms with Crippen LogP contribution in [-0.2, 0) is 28.9 Å². The Balaban J connectivity index is 1.54. The lowest BCUT2D eigenvalue weighted by Gasteiger charge is -2.36. The molecule has 1 aliphatic heterocycles. The molecule has 4 aromatic rings. The molecule has 3 aromatic carbocycles. The first-order valence-corrected chi connectivity index (χ1v) is 15.9. The fraction of sp³-hybridized carbons (Fsp3) is 0.333. The van der Waals surface area contributed by atoms with Crippen LogP contribution in [0.15, 0.2) is 85.2 Å². The Morgan fingerprint density at radius 1 is 0.957 bits per heavy atom. The molecule has 0 N–H and O–H groups in total. The van der Waals surface area contributed by atoms with Crippen molar-refractivity contribution in [3.63, 3.8) is 0 Å². The molecule has 0 aliphatic carbocycles. The third-order valence-corrected chi connectivity index (χ3v) is 8.22. The monoisotopic (exact) mass is 642 g/mol. The van der Waals surface area contributed by atoms with E-state index >= 15 is 0 Å². The highest BCUT2D eigenvalue weighted by molar-refractivity contribution is 5.79. The number of nitrogens with zero attached hydrogens (tertiary/aromatic N) is 2. The Morgan fingerprint density at radius 3 is 2.43 bits per heavy atom. The maximum absolute atomic E-state index is 14.7. The number of halogens is 3. The van der Waals surface area contributed by atoms with E-state index in [1.54, 1.807) is 24.5 Å². The molecule has 1 aliphatic rings. The Bertz CT molecular complexity index is 1700. The normalized spacial score (nSPS) is 15.9. The zero-order chi connectivity index (χ0) is 33.6. The second kappa shape index (κ2) is 14.6. The van der Waals surface area contributed by atoms with Crippen molar-refractivity contribution >= 4 is 18.1 Å². The van der Waals surface area contributed by atoms with Crippen LogP contribution in [0.25, 0.3) is 23.3 Å². The van der Waals surface area contributed by atoms with Crippen molar-refractivity contribution in [3.05, 3.63) is 119 Å². The molecule has 2 heterocycles. The predicted molar refractivity (Wildman–Crippen MR) is 179 cm³/mol. The molecule has 47 heavy (non-hydrogen) atoms. The van der Waals surface area contributed by atoms with Gasteiger partial charge >= 0.3 is 12.1 Å². The van der Waals surface area contributed by atoms with Gasteiger partial charge in [0.05, 0.1) is 5.56 Å². The average molecular weight is 643 g/mol. The fourth-order valence-corrected chi connectivity index (χ4v) is 5.91. The van der Waals surface area contributed by atoms with Crippen LogP contribution in [0.4, 0.5) is 13.2 Å². The van der Waals surface area contributed by atoms with Crippen molar-refractivity contribution in [1.82, 2.24) is 9.88 Å². The van der Waals surface area contributed by atoms with Gasteiger partial charge < -0.3 is 9.47 Å². The number of hydrogen-bond donors (Lipinski definition) is 0. The van der Waals surface area contributed by atoms with Crippen molar-refractivity contribution in [2.75, 3.05) is 6.54 Å². The molecule has 0 bridgehead atoms. The Hall–Kier alpha value is -4.43. The largest absolute Gasteiger partial charge is 0.488 e. The summed E-state index contributed by atoms with van der Waals surface area (Å²) in [6.07, 6.45) is 4.17. The molecule has 1 fully saturated rings. The number of likely N-dealkylation sites (tertiary alicyclic amines) is 1. The third kappa shape index (κ3) is 8.89. The van der Waals surface area contributed by atoms with E-state index in [4.69, 9.17) is 9.47 Å². The number of ether oxygens (including phenoxy) is 2. The molecular formula is C39H41F3N2O3. The van der Waals surface area contributed by atoms with Crippen LogP contribution in [0.2, 0.25) is 0 Å². The molecule has 246 valence electrons. The summed E-state index contributed by atoms with van der Waals surface area (Å²) in [7, 11) is 0. The molecule has 1 aromatic heterocycles. The number of alkyl halides is 3. The quantitative estimate of drug-likeness (QED) is 0.134. The zero-order valence-corrected chi connectivity index (χ0v) is 27.3. The van der Waals surface area contributed by atoms with Crippen LogP contribution in [-0.4, -0.2) is 34.0 Å². The van der Waals surface area contributed by atoms with Gasteiger partial charge in [0.2, 0.25) is 0 Å². The van der Waals surface area contributed by atoms with Gasteiger partial charge in [-0.25, -0.2) is 0 Å². The second-order valence-electron chi connectivity index (χ2n) is 12.9. The van der Waals surface area contributed by atoms with E-state index in [-0.39, 0.29) is 24.7 Å². The first-order valence-electron chi connectivity index (χ1n) is 15.9. The first-order chi connectivity index (χ1) is 22.4. The van der Waals surface area contributed by atoms with Crippen LogP contribution in [0.1, 0.15) is 73.4 Å². The topological polar surface area (TPSA) is 51.7 Å². The first kappa shape index (κ1) is 33.9. The molecule has 5 rings (SSSR count). The summed E-state index contributed by atoms with van der Waals surface area (Å²) in [4.78, 5) is 19.2. The maximum atomic E-state index is 14.7. The lowest BCUT2D eigenvalue weighted by Crippen LogP contribution is -2.46. The average Bonchev–Trinajstić information content (AvgIpc) is 3.03. The van der Waals surface area contributed by atoms with E-state index in [1.807, 2.05) is 87.2 Å². The molecule has 5 nitrogen and oxygen atoms in total. The molecule has 0 saturated carbocycles. The second-order valence-corrected chi connectivity index (χ2v) is 12.9. The number of aromatic nitrogens is 1. The van der Waals surface area contributed by atoms with Crippen LogP contribution in [0.5, 0.6) is 5.75 Å². The van der Waals surface area contributed by atoms with Crippen molar-refractivity contribution in [3.8, 4) is 16.9 Å². The molecule has 8 heteroatoms. The summed E-state index contributed by atoms with van der Waals surface area (Å²) < 4.78 is 56.0. The van der Waals surface area contributed by atoms with Gasteiger partial charge in [0.15, 0.2) is 0 Å². The smallest absolute Gasteiger partial charge is 0.417 e. The molecule has 0 spiro atoms. The van der Waals surface area contributed by atoms with Gasteiger partial charge in [-0.2, -0.15) is 13.2 Å². The highest BCUT2D eigenvalue weighted by atomic mass is 19.4. The third-order valence-electron chi connectivity index (χ3n) is 8.22. The minimum atomic E-state index is -4.62. The fourth-order valence-electron chi connectivity index (χ4n) is 5.91. The molecule has 0 radical (unpaired) electrons. The van der Waals surface area contributed by atoms with Crippen molar-refractivity contribution in [2.45, 2.75) is 77.9 Å². The van der Waals surface area contributed by atoms with Gasteiger partial charge in [-0.1, -0.05) is 73.2 Å². The number of rotatable bonds is 9. The van der Waals surface area contributed by atoms with Crippen LogP contribution in [0.3, 0.4) is 0 Å². The Morgan fingerprint density at radius 2 is 1.72 bits per heavy atom. The minimum absolute atomic E-state index is 0.00529. The summed E-state index contributed by atoms with van der Waals surface area (Å²) in [6.45, 7) is 8.20. The van der Waals surface area contributed by atoms with Crippen LogP contribution in [0, 0.1) is 6.92 Å². The number of esters is 1. The van der Waals surface area contributed by atoms with Gasteiger partial charge in [-0.3, -0.25) is 14.7 Å². The summed E-state index contributed by atoms with van der Waals surface area (Å²) >= 11 is 0. The van der Waals surface area contributed by atoms with Gasteiger partial charge in [0.25, 0.3) is 0 Å². The molecule has 1 saturated heterocycles. The zero-order valence-electron chi connectivity index (χ0n) is 27.3. The van der Waals surface area contributed by atoms with E-state index in [2.05, 4.69) is 4.98 Å². The lowest BCUT2D eigenvalue weighted by atomic mass is 9.95. The SMILES string of the molecule is Cc1c(/C=C/c2cc(OCc3cccnc3)c(CN3CCCC[C@H]3C(=O)OC(C)(C)C)cc2C(F)(F)F)cccc1-c1ccccc1. The maximum Gasteiger partial charge on any atom is 0.417 e. The van der Waals surface area contributed by atoms with Crippen LogP contribution < -0.4 is 4.74 Å². The van der Waals surface area contributed by atoms with E-state index < -0.39 is 23.4 Å². The molecule has 0 amide bonds. The van der Waals surface area contributed by atoms with Gasteiger partial charge in [-0.05, 0) is 93.1 Å². The molecule has 0 unspecified atom stereocenters. The van der Waals surface area contributed by atoms with Crippen LogP contribution >= 0.6 is 0 Å². The van der Waals surface area contributed by atoms with E-state index in [0.717, 1.165) is 40.7 Å². The van der Waals surface area contributed by atoms with E-state index in [1.165, 1.54) is 18.2 Å². The standard InChI is InChI=1S/C39H41F3N2O3/c1-27-29(15-10-16-33(27)30-13-6-5-7-14-30)18-19-31-23-36(46-26-28-12-11-20-43-24-28)32(22-34(31)39(40,41)42)25-44-21-9-8-17-35(44)37(45)47-38(2,3)4/h5-7,10-16,18-20,22-24,35H,8-9,17,21,25-26H2,1-4H3/b19-18+/t35-/m0/s1. The van der Waals surface area contributed by atoms with Gasteiger partial charge in [0, 0.05) is 30.1 Å². The number of pyridine rings is 1.